The number of ether oxygens (including phenoxy) is 3. The van der Waals surface area contributed by atoms with Crippen molar-refractivity contribution in [3.8, 4) is 28.7 Å². The third-order valence-corrected chi connectivity index (χ3v) is 7.26. The predicted octanol–water partition coefficient (Wildman–Crippen LogP) is 6.86. The van der Waals surface area contributed by atoms with Crippen LogP contribution >= 0.6 is 12.2 Å². The largest absolute Gasteiger partial charge is 0.497 e. The normalized spacial score (nSPS) is 16.4. The van der Waals surface area contributed by atoms with Crippen molar-refractivity contribution < 1.29 is 14.2 Å². The van der Waals surface area contributed by atoms with Crippen LogP contribution in [0.15, 0.2) is 116 Å². The van der Waals surface area contributed by atoms with Crippen LogP contribution in [-0.4, -0.2) is 28.9 Å². The van der Waals surface area contributed by atoms with E-state index in [1.165, 1.54) is 0 Å². The molecule has 5 aromatic rings. The minimum Gasteiger partial charge on any atom is -0.497 e. The second kappa shape index (κ2) is 11.1. The van der Waals surface area contributed by atoms with Gasteiger partial charge in [0.1, 0.15) is 29.0 Å². The second-order valence-electron chi connectivity index (χ2n) is 9.27. The highest BCUT2D eigenvalue weighted by molar-refractivity contribution is 7.80. The molecule has 1 aliphatic rings. The highest BCUT2D eigenvalue weighted by Crippen LogP contribution is 2.42. The number of rotatable bonds is 8. The molecule has 1 aliphatic heterocycles. The molecule has 3 heterocycles. The highest BCUT2D eigenvalue weighted by atomic mass is 32.1. The van der Waals surface area contributed by atoms with Crippen molar-refractivity contribution in [2.45, 2.75) is 12.1 Å². The number of benzene rings is 3. The molecule has 6 rings (SSSR count). The third kappa shape index (κ3) is 4.97. The summed E-state index contributed by atoms with van der Waals surface area (Å²) >= 11 is 5.92. The zero-order chi connectivity index (χ0) is 27.5. The minimum atomic E-state index is -0.159. The first-order valence-electron chi connectivity index (χ1n) is 12.9. The van der Waals surface area contributed by atoms with Gasteiger partial charge in [-0.05, 0) is 109 Å². The van der Waals surface area contributed by atoms with E-state index in [0.29, 0.717) is 5.11 Å². The van der Waals surface area contributed by atoms with Crippen LogP contribution in [0.3, 0.4) is 0 Å². The number of aromatic nitrogens is 2. The Morgan fingerprint density at radius 1 is 0.700 bits per heavy atom. The molecule has 40 heavy (non-hydrogen) atoms. The van der Waals surface area contributed by atoms with Crippen LogP contribution in [0.2, 0.25) is 0 Å². The van der Waals surface area contributed by atoms with Gasteiger partial charge < -0.3 is 29.0 Å². The van der Waals surface area contributed by atoms with Gasteiger partial charge in [0.15, 0.2) is 5.11 Å². The van der Waals surface area contributed by atoms with Gasteiger partial charge in [-0.15, -0.1) is 0 Å². The summed E-state index contributed by atoms with van der Waals surface area (Å²) in [5, 5.41) is 4.17. The molecular weight excluding hydrogens is 520 g/mol. The quantitative estimate of drug-likeness (QED) is 0.213. The number of hydrogen-bond donors (Lipinski definition) is 1. The molecule has 0 aliphatic carbocycles. The predicted molar refractivity (Wildman–Crippen MR) is 160 cm³/mol. The molecule has 0 radical (unpaired) electrons. The van der Waals surface area contributed by atoms with Crippen LogP contribution in [-0.2, 0) is 0 Å². The minimum absolute atomic E-state index is 0.157. The molecule has 2 atom stereocenters. The molecular formula is C32H28N4O3S. The Morgan fingerprint density at radius 2 is 1.30 bits per heavy atom. The van der Waals surface area contributed by atoms with Gasteiger partial charge in [0.05, 0.1) is 26.0 Å². The second-order valence-corrected chi connectivity index (χ2v) is 9.66. The maximum absolute atomic E-state index is 6.06. The smallest absolute Gasteiger partial charge is 0.174 e. The van der Waals surface area contributed by atoms with Crippen molar-refractivity contribution in [1.29, 1.82) is 0 Å². The van der Waals surface area contributed by atoms with Crippen molar-refractivity contribution in [3.63, 3.8) is 0 Å². The van der Waals surface area contributed by atoms with Crippen LogP contribution in [0.5, 0.6) is 23.0 Å². The first-order valence-corrected chi connectivity index (χ1v) is 13.3. The van der Waals surface area contributed by atoms with E-state index in [4.69, 9.17) is 26.4 Å². The Bertz CT molecular complexity index is 1590. The lowest BCUT2D eigenvalue weighted by molar-refractivity contribution is 0.413. The first kappa shape index (κ1) is 25.5. The molecule has 1 saturated heterocycles. The number of methoxy groups -OCH3 is 2. The molecule has 2 aromatic heterocycles. The fourth-order valence-corrected chi connectivity index (χ4v) is 5.35. The van der Waals surface area contributed by atoms with Gasteiger partial charge in [0.25, 0.3) is 0 Å². The SMILES string of the molecule is COc1ccc(Oc2ccc(N3C(=S)N[C@H](c4ccccn4)[C@H]3c3cccn3-c3ccc(OC)cc3)cc2)cc1. The Morgan fingerprint density at radius 3 is 1.93 bits per heavy atom. The summed E-state index contributed by atoms with van der Waals surface area (Å²) in [4.78, 5) is 6.83. The van der Waals surface area contributed by atoms with E-state index in [1.54, 1.807) is 14.2 Å². The molecule has 0 saturated carbocycles. The molecule has 1 N–H and O–H groups in total. The number of nitrogens with one attached hydrogen (secondary N) is 1. The van der Waals surface area contributed by atoms with Gasteiger partial charge in [0.2, 0.25) is 0 Å². The van der Waals surface area contributed by atoms with Crippen LogP contribution in [0, 0.1) is 0 Å². The number of hydrogen-bond acceptors (Lipinski definition) is 5. The summed E-state index contributed by atoms with van der Waals surface area (Å²) in [6.07, 6.45) is 3.88. The Labute approximate surface area is 238 Å². The van der Waals surface area contributed by atoms with Gasteiger partial charge in [-0.3, -0.25) is 4.98 Å². The summed E-state index contributed by atoms with van der Waals surface area (Å²) in [7, 11) is 3.32. The summed E-state index contributed by atoms with van der Waals surface area (Å²) in [6.45, 7) is 0. The summed E-state index contributed by atoms with van der Waals surface area (Å²) in [5.74, 6) is 3.06. The van der Waals surface area contributed by atoms with E-state index >= 15 is 0 Å². The van der Waals surface area contributed by atoms with Crippen molar-refractivity contribution >= 4 is 23.0 Å². The Balaban J connectivity index is 1.36. The van der Waals surface area contributed by atoms with E-state index in [-0.39, 0.29) is 12.1 Å². The van der Waals surface area contributed by atoms with Crippen LogP contribution in [0.4, 0.5) is 5.69 Å². The van der Waals surface area contributed by atoms with E-state index in [2.05, 4.69) is 50.2 Å². The summed E-state index contributed by atoms with van der Waals surface area (Å²) in [6, 6.07) is 33.3. The number of nitrogens with zero attached hydrogens (tertiary/aromatic N) is 3. The Hall–Kier alpha value is -4.82. The average molecular weight is 549 g/mol. The van der Waals surface area contributed by atoms with E-state index in [1.807, 2.05) is 85.1 Å². The zero-order valence-electron chi connectivity index (χ0n) is 22.1. The first-order chi connectivity index (χ1) is 19.6. The van der Waals surface area contributed by atoms with Gasteiger partial charge in [-0.1, -0.05) is 6.07 Å². The van der Waals surface area contributed by atoms with Crippen molar-refractivity contribution in [1.82, 2.24) is 14.9 Å². The summed E-state index contributed by atoms with van der Waals surface area (Å²) in [5.41, 5.74) is 3.97. The molecule has 8 heteroatoms. The zero-order valence-corrected chi connectivity index (χ0v) is 22.9. The van der Waals surface area contributed by atoms with E-state index in [0.717, 1.165) is 45.8 Å². The standard InChI is InChI=1S/C32H28N4O3S/c1-37-24-12-8-22(9-13-24)35-21-5-7-29(35)31-30(28-6-3-4-20-33-28)34-32(40)36(31)23-10-14-26(15-11-23)39-27-18-16-25(38-2)17-19-27/h3-21,30-31H,1-2H3,(H,34,40)/t30-,31-/m1/s1. The van der Waals surface area contributed by atoms with Gasteiger partial charge in [-0.2, -0.15) is 0 Å². The molecule has 0 unspecified atom stereocenters. The molecule has 7 nitrogen and oxygen atoms in total. The van der Waals surface area contributed by atoms with Crippen molar-refractivity contribution in [3.05, 3.63) is 127 Å². The maximum atomic E-state index is 6.06. The van der Waals surface area contributed by atoms with Gasteiger partial charge >= 0.3 is 0 Å². The van der Waals surface area contributed by atoms with Gasteiger partial charge in [0, 0.05) is 29.5 Å². The number of pyridine rings is 1. The number of anilines is 1. The Kier molecular flexibility index (Phi) is 7.08. The molecule has 3 aromatic carbocycles. The maximum Gasteiger partial charge on any atom is 0.174 e. The van der Waals surface area contributed by atoms with Crippen LogP contribution in [0.25, 0.3) is 5.69 Å². The van der Waals surface area contributed by atoms with Crippen LogP contribution < -0.4 is 24.4 Å². The van der Waals surface area contributed by atoms with Crippen LogP contribution in [0.1, 0.15) is 23.5 Å². The lowest BCUT2D eigenvalue weighted by Gasteiger charge is -2.29. The molecule has 0 bridgehead atoms. The lowest BCUT2D eigenvalue weighted by atomic mass is 10.0. The number of thiocarbonyl (C=S) groups is 1. The van der Waals surface area contributed by atoms with Crippen molar-refractivity contribution in [2.75, 3.05) is 19.1 Å². The third-order valence-electron chi connectivity index (χ3n) is 6.94. The fourth-order valence-electron chi connectivity index (χ4n) is 5.00. The fraction of sp³-hybridized carbons (Fsp3) is 0.125. The molecule has 0 amide bonds. The topological polar surface area (TPSA) is 60.8 Å². The van der Waals surface area contributed by atoms with Gasteiger partial charge in [-0.25, -0.2) is 0 Å². The highest BCUT2D eigenvalue weighted by Gasteiger charge is 2.42. The summed E-state index contributed by atoms with van der Waals surface area (Å²) < 4.78 is 18.9. The van der Waals surface area contributed by atoms with Crippen molar-refractivity contribution in [2.24, 2.45) is 0 Å². The monoisotopic (exact) mass is 548 g/mol. The molecule has 1 fully saturated rings. The lowest BCUT2D eigenvalue weighted by Crippen LogP contribution is -2.30. The molecule has 0 spiro atoms. The van der Waals surface area contributed by atoms with E-state index in [9.17, 15) is 0 Å². The molecule has 200 valence electrons. The average Bonchev–Trinajstić information content (AvgIpc) is 3.63. The van der Waals surface area contributed by atoms with E-state index < -0.39 is 0 Å².